The number of hydrogen-bond donors (Lipinski definition) is 1. The summed E-state index contributed by atoms with van der Waals surface area (Å²) >= 11 is 7.54. The molecule has 0 spiro atoms. The Bertz CT molecular complexity index is 527. The lowest BCUT2D eigenvalue weighted by Gasteiger charge is -2.29. The van der Waals surface area contributed by atoms with Crippen LogP contribution in [0.2, 0.25) is 5.15 Å². The molecule has 116 valence electrons. The van der Waals surface area contributed by atoms with Gasteiger partial charge < -0.3 is 5.32 Å². The Morgan fingerprint density at radius 1 is 1.52 bits per heavy atom. The molecule has 0 bridgehead atoms. The second-order valence-corrected chi connectivity index (χ2v) is 6.20. The van der Waals surface area contributed by atoms with Crippen molar-refractivity contribution in [1.82, 2.24) is 10.3 Å². The van der Waals surface area contributed by atoms with Gasteiger partial charge in [-0.25, -0.2) is 4.98 Å². The number of rotatable bonds is 7. The number of pyridine rings is 1. The molecule has 1 amide bonds. The molecular weight excluding hydrogens is 314 g/mol. The lowest BCUT2D eigenvalue weighted by Crippen LogP contribution is -2.39. The third-order valence-corrected chi connectivity index (χ3v) is 5.46. The summed E-state index contributed by atoms with van der Waals surface area (Å²) in [6.07, 6.45) is 4.85. The smallest absolute Gasteiger partial charge is 0.288 e. The molecule has 0 aliphatic rings. The lowest BCUT2D eigenvalue weighted by molar-refractivity contribution is -0.385. The molecule has 0 radical (unpaired) electrons. The van der Waals surface area contributed by atoms with Gasteiger partial charge in [-0.3, -0.25) is 14.9 Å². The summed E-state index contributed by atoms with van der Waals surface area (Å²) < 4.78 is -0.0454. The van der Waals surface area contributed by atoms with Gasteiger partial charge in [0.15, 0.2) is 0 Å². The topological polar surface area (TPSA) is 85.1 Å². The molecule has 1 aromatic heterocycles. The van der Waals surface area contributed by atoms with E-state index in [0.717, 1.165) is 25.1 Å². The van der Waals surface area contributed by atoms with Crippen molar-refractivity contribution in [2.24, 2.45) is 0 Å². The predicted molar refractivity (Wildman–Crippen MR) is 85.1 cm³/mol. The fraction of sp³-hybridized carbons (Fsp3) is 0.538. The SMILES string of the molecule is CCC(CC)(CNC(=O)c1cc([N+](=O)[O-])cnc1Cl)SC. The minimum Gasteiger partial charge on any atom is -0.351 e. The highest BCUT2D eigenvalue weighted by molar-refractivity contribution is 8.00. The van der Waals surface area contributed by atoms with E-state index in [4.69, 9.17) is 11.6 Å². The zero-order chi connectivity index (χ0) is 16.0. The summed E-state index contributed by atoms with van der Waals surface area (Å²) in [4.78, 5) is 26.0. The van der Waals surface area contributed by atoms with Gasteiger partial charge in [-0.1, -0.05) is 25.4 Å². The first-order valence-electron chi connectivity index (χ1n) is 6.52. The fourth-order valence-electron chi connectivity index (χ4n) is 1.89. The highest BCUT2D eigenvalue weighted by atomic mass is 35.5. The minimum absolute atomic E-state index is 0.0214. The average Bonchev–Trinajstić information content (AvgIpc) is 2.49. The second kappa shape index (κ2) is 7.61. The number of nitrogens with one attached hydrogen (secondary N) is 1. The summed E-state index contributed by atoms with van der Waals surface area (Å²) in [5.74, 6) is -0.448. The quantitative estimate of drug-likeness (QED) is 0.470. The van der Waals surface area contributed by atoms with Crippen LogP contribution in [0.15, 0.2) is 12.3 Å². The molecule has 0 aliphatic carbocycles. The summed E-state index contributed by atoms with van der Waals surface area (Å²) in [5.41, 5.74) is -0.236. The van der Waals surface area contributed by atoms with Crippen LogP contribution < -0.4 is 5.32 Å². The Balaban J connectivity index is 2.89. The van der Waals surface area contributed by atoms with E-state index in [1.165, 1.54) is 0 Å². The van der Waals surface area contributed by atoms with Gasteiger partial charge in [0.2, 0.25) is 0 Å². The number of nitro groups is 1. The molecule has 0 aliphatic heterocycles. The van der Waals surface area contributed by atoms with Crippen LogP contribution in [0.4, 0.5) is 5.69 Å². The maximum atomic E-state index is 12.2. The standard InChI is InChI=1S/C13H18ClN3O3S/c1-4-13(5-2,21-3)8-16-12(18)10-6-9(17(19)20)7-15-11(10)14/h6-7H,4-5,8H2,1-3H3,(H,16,18). The summed E-state index contributed by atoms with van der Waals surface area (Å²) in [6.45, 7) is 4.60. The molecule has 0 aromatic carbocycles. The highest BCUT2D eigenvalue weighted by Crippen LogP contribution is 2.29. The molecule has 6 nitrogen and oxygen atoms in total. The van der Waals surface area contributed by atoms with Gasteiger partial charge >= 0.3 is 0 Å². The maximum Gasteiger partial charge on any atom is 0.288 e. The van der Waals surface area contributed by atoms with E-state index < -0.39 is 10.8 Å². The van der Waals surface area contributed by atoms with E-state index in [1.807, 2.05) is 6.26 Å². The van der Waals surface area contributed by atoms with Crippen LogP contribution in [0.1, 0.15) is 37.0 Å². The van der Waals surface area contributed by atoms with Crippen molar-refractivity contribution in [3.05, 3.63) is 33.1 Å². The first-order chi connectivity index (χ1) is 9.89. The van der Waals surface area contributed by atoms with Crippen LogP contribution in [0.5, 0.6) is 0 Å². The summed E-state index contributed by atoms with van der Waals surface area (Å²) in [6, 6.07) is 1.14. The maximum absolute atomic E-state index is 12.2. The first kappa shape index (κ1) is 17.7. The van der Waals surface area contributed by atoms with Crippen molar-refractivity contribution in [3.63, 3.8) is 0 Å². The molecule has 1 N–H and O–H groups in total. The van der Waals surface area contributed by atoms with Crippen LogP contribution in [-0.4, -0.2) is 33.4 Å². The van der Waals surface area contributed by atoms with Crippen LogP contribution >= 0.6 is 23.4 Å². The number of aromatic nitrogens is 1. The fourth-order valence-corrected chi connectivity index (χ4v) is 2.88. The van der Waals surface area contributed by atoms with Gasteiger partial charge in [-0.05, 0) is 19.1 Å². The molecule has 0 saturated carbocycles. The van der Waals surface area contributed by atoms with Crippen LogP contribution in [-0.2, 0) is 0 Å². The third kappa shape index (κ3) is 4.31. The van der Waals surface area contributed by atoms with Crippen LogP contribution in [0.25, 0.3) is 0 Å². The number of carbonyl (C=O) groups excluding carboxylic acids is 1. The minimum atomic E-state index is -0.607. The Morgan fingerprint density at radius 3 is 2.62 bits per heavy atom. The van der Waals surface area contributed by atoms with E-state index in [9.17, 15) is 14.9 Å². The van der Waals surface area contributed by atoms with Crippen molar-refractivity contribution in [1.29, 1.82) is 0 Å². The largest absolute Gasteiger partial charge is 0.351 e. The number of carbonyl (C=O) groups is 1. The molecule has 1 aromatic rings. The highest BCUT2D eigenvalue weighted by Gasteiger charge is 2.26. The van der Waals surface area contributed by atoms with E-state index in [-0.39, 0.29) is 21.2 Å². The molecule has 21 heavy (non-hydrogen) atoms. The third-order valence-electron chi connectivity index (χ3n) is 3.57. The zero-order valence-electron chi connectivity index (χ0n) is 12.2. The van der Waals surface area contributed by atoms with Gasteiger partial charge in [-0.15, -0.1) is 0 Å². The lowest BCUT2D eigenvalue weighted by atomic mass is 10.0. The van der Waals surface area contributed by atoms with Gasteiger partial charge in [-0.2, -0.15) is 11.8 Å². The monoisotopic (exact) mass is 331 g/mol. The molecule has 1 heterocycles. The Hall–Kier alpha value is -1.34. The molecule has 8 heteroatoms. The van der Waals surface area contributed by atoms with Crippen molar-refractivity contribution in [2.75, 3.05) is 12.8 Å². The van der Waals surface area contributed by atoms with E-state index in [2.05, 4.69) is 24.1 Å². The van der Waals surface area contributed by atoms with E-state index >= 15 is 0 Å². The van der Waals surface area contributed by atoms with Crippen molar-refractivity contribution in [2.45, 2.75) is 31.4 Å². The Morgan fingerprint density at radius 2 is 2.14 bits per heavy atom. The van der Waals surface area contributed by atoms with Gasteiger partial charge in [0.25, 0.3) is 11.6 Å². The number of amides is 1. The van der Waals surface area contributed by atoms with Crippen LogP contribution in [0, 0.1) is 10.1 Å². The average molecular weight is 332 g/mol. The number of hydrogen-bond acceptors (Lipinski definition) is 5. The van der Waals surface area contributed by atoms with Gasteiger partial charge in [0, 0.05) is 17.4 Å². The second-order valence-electron chi connectivity index (χ2n) is 4.57. The van der Waals surface area contributed by atoms with Crippen molar-refractivity contribution >= 4 is 35.0 Å². The Labute approximate surface area is 132 Å². The molecule has 0 unspecified atom stereocenters. The molecular formula is C13H18ClN3O3S. The zero-order valence-corrected chi connectivity index (χ0v) is 13.8. The number of nitrogens with zero attached hydrogens (tertiary/aromatic N) is 2. The number of halogens is 1. The summed E-state index contributed by atoms with van der Waals surface area (Å²) in [7, 11) is 0. The Kier molecular flexibility index (Phi) is 6.42. The number of thioether (sulfide) groups is 1. The van der Waals surface area contributed by atoms with Gasteiger partial charge in [0.05, 0.1) is 10.5 Å². The van der Waals surface area contributed by atoms with Gasteiger partial charge in [0.1, 0.15) is 11.3 Å². The van der Waals surface area contributed by atoms with E-state index in [1.54, 1.807) is 11.8 Å². The first-order valence-corrected chi connectivity index (χ1v) is 8.12. The van der Waals surface area contributed by atoms with E-state index in [0.29, 0.717) is 6.54 Å². The predicted octanol–water partition coefficient (Wildman–Crippen LogP) is 3.29. The molecule has 0 saturated heterocycles. The van der Waals surface area contributed by atoms with Crippen LogP contribution in [0.3, 0.4) is 0 Å². The van der Waals surface area contributed by atoms with Crippen molar-refractivity contribution < 1.29 is 9.72 Å². The molecule has 1 rings (SSSR count). The molecule has 0 atom stereocenters. The molecule has 0 fully saturated rings. The van der Waals surface area contributed by atoms with Crippen molar-refractivity contribution in [3.8, 4) is 0 Å². The normalized spacial score (nSPS) is 11.2. The summed E-state index contributed by atoms with van der Waals surface area (Å²) in [5, 5.41) is 13.5.